The van der Waals surface area contributed by atoms with Crippen LogP contribution in [0, 0.1) is 0 Å². The second kappa shape index (κ2) is 48.9. The average molecular weight is 1030 g/mol. The van der Waals surface area contributed by atoms with E-state index in [0.29, 0.717) is 13.0 Å². The van der Waals surface area contributed by atoms with E-state index in [0.717, 1.165) is 109 Å². The molecule has 4 N–H and O–H groups in total. The van der Waals surface area contributed by atoms with Crippen molar-refractivity contribution in [3.63, 3.8) is 0 Å². The molecular formula is C59H100O12S. The third-order valence-corrected chi connectivity index (χ3v) is 12.7. The molecule has 0 amide bonds. The molecule has 0 bridgehead atoms. The van der Waals surface area contributed by atoms with Crippen molar-refractivity contribution in [2.45, 2.75) is 243 Å². The summed E-state index contributed by atoms with van der Waals surface area (Å²) in [6.45, 7) is 3.82. The molecule has 1 aliphatic heterocycles. The van der Waals surface area contributed by atoms with Crippen LogP contribution >= 0.6 is 0 Å². The molecule has 1 rings (SSSR count). The maximum atomic E-state index is 12.9. The number of ether oxygens (including phenoxy) is 4. The lowest BCUT2D eigenvalue weighted by Gasteiger charge is -2.41. The van der Waals surface area contributed by atoms with Crippen molar-refractivity contribution in [2.24, 2.45) is 0 Å². The summed E-state index contributed by atoms with van der Waals surface area (Å²) in [6, 6.07) is 0. The Hall–Kier alpha value is -2.98. The zero-order chi connectivity index (χ0) is 52.4. The fourth-order valence-corrected chi connectivity index (χ4v) is 8.51. The predicted molar refractivity (Wildman–Crippen MR) is 294 cm³/mol. The van der Waals surface area contributed by atoms with Crippen LogP contribution in [0.3, 0.4) is 0 Å². The SMILES string of the molecule is CC/C=C\C/C=C\C/C=C\C/C=C\C/C=C\CCCCCCCCCCCCOCC(COC1OC(CO)C(O)C(OS(=O)(=O)O)C1O)OC(=O)CCCCCCCC/C=C\C/C=C\C/C=C\CCCCC. The van der Waals surface area contributed by atoms with E-state index >= 15 is 0 Å². The van der Waals surface area contributed by atoms with E-state index in [2.05, 4.69) is 115 Å². The number of unbranched alkanes of at least 4 members (excludes halogenated alkanes) is 19. The molecule has 6 unspecified atom stereocenters. The topological polar surface area (TPSA) is 178 Å². The van der Waals surface area contributed by atoms with Crippen molar-refractivity contribution in [1.82, 2.24) is 0 Å². The Labute approximate surface area is 437 Å². The van der Waals surface area contributed by atoms with E-state index in [1.807, 2.05) is 0 Å². The Morgan fingerprint density at radius 3 is 1.40 bits per heavy atom. The summed E-state index contributed by atoms with van der Waals surface area (Å²) in [6.07, 6.45) is 58.6. The van der Waals surface area contributed by atoms with E-state index in [-0.39, 0.29) is 19.6 Å². The van der Waals surface area contributed by atoms with Gasteiger partial charge in [0.05, 0.1) is 19.8 Å². The summed E-state index contributed by atoms with van der Waals surface area (Å²) >= 11 is 0. The Morgan fingerprint density at radius 1 is 0.542 bits per heavy atom. The van der Waals surface area contributed by atoms with Crippen molar-refractivity contribution in [2.75, 3.05) is 26.4 Å². The standard InChI is InChI=1S/C59H100O12S/c1-3-5-7-9-11-13-15-17-19-21-23-24-25-26-27-28-29-31-33-35-37-39-41-43-45-47-49-67-51-53(52-68-59-57(63)58(71-72(64,65)66)56(62)54(50-60)70-59)69-55(61)48-46-44-42-40-38-36-34-32-30-22-20-18-16-14-12-10-8-6-4-2/h5,7,11-14,17-20,23-24,26-27,30,32,53-54,56-60,62-63H,3-4,6,8-10,15-16,21-22,25,28-29,31,33-52H2,1-2H3,(H,64,65,66)/b7-5-,13-11-,14-12-,19-17-,20-18-,24-23-,27-26-,32-30-. The number of esters is 1. The van der Waals surface area contributed by atoms with Gasteiger partial charge >= 0.3 is 16.4 Å². The molecule has 0 aromatic heterocycles. The fourth-order valence-electron chi connectivity index (χ4n) is 8.00. The predicted octanol–water partition coefficient (Wildman–Crippen LogP) is 13.8. The second-order valence-electron chi connectivity index (χ2n) is 18.8. The first-order valence-electron chi connectivity index (χ1n) is 28.0. The molecule has 13 heteroatoms. The number of carbonyl (C=O) groups is 1. The second-order valence-corrected chi connectivity index (χ2v) is 19.8. The van der Waals surface area contributed by atoms with E-state index in [9.17, 15) is 33.1 Å². The Balaban J connectivity index is 2.33. The zero-order valence-corrected chi connectivity index (χ0v) is 45.5. The van der Waals surface area contributed by atoms with Gasteiger partial charge in [0.1, 0.15) is 30.5 Å². The van der Waals surface area contributed by atoms with Gasteiger partial charge in [-0.2, -0.15) is 8.42 Å². The lowest BCUT2D eigenvalue weighted by atomic mass is 9.99. The van der Waals surface area contributed by atoms with Gasteiger partial charge in [-0.25, -0.2) is 4.18 Å². The van der Waals surface area contributed by atoms with E-state index in [1.165, 1.54) is 70.6 Å². The number of carbonyl (C=O) groups excluding carboxylic acids is 1. The number of hydrogen-bond acceptors (Lipinski definition) is 11. The number of rotatable bonds is 48. The quantitative estimate of drug-likeness (QED) is 0.0196. The van der Waals surface area contributed by atoms with Crippen LogP contribution in [0.4, 0.5) is 0 Å². The normalized spacial score (nSPS) is 19.7. The van der Waals surface area contributed by atoms with E-state index in [4.69, 9.17) is 18.9 Å². The maximum absolute atomic E-state index is 12.9. The molecular weight excluding hydrogens is 933 g/mol. The first-order valence-corrected chi connectivity index (χ1v) is 29.4. The van der Waals surface area contributed by atoms with Crippen LogP contribution < -0.4 is 0 Å². The van der Waals surface area contributed by atoms with Crippen LogP contribution in [0.2, 0.25) is 0 Å². The van der Waals surface area contributed by atoms with Gasteiger partial charge in [0.25, 0.3) is 0 Å². The summed E-state index contributed by atoms with van der Waals surface area (Å²) in [7, 11) is -5.08. The van der Waals surface area contributed by atoms with Gasteiger partial charge in [0.15, 0.2) is 6.29 Å². The molecule has 0 spiro atoms. The number of allylic oxidation sites excluding steroid dienone is 16. The van der Waals surface area contributed by atoms with E-state index < -0.39 is 59.8 Å². The van der Waals surface area contributed by atoms with Crippen LogP contribution in [0.5, 0.6) is 0 Å². The Kier molecular flexibility index (Phi) is 45.6. The van der Waals surface area contributed by atoms with Crippen LogP contribution in [-0.4, -0.2) is 97.5 Å². The highest BCUT2D eigenvalue weighted by Crippen LogP contribution is 2.26. The van der Waals surface area contributed by atoms with Gasteiger partial charge in [0.2, 0.25) is 0 Å². The molecule has 0 aromatic rings. The van der Waals surface area contributed by atoms with Gasteiger partial charge < -0.3 is 34.3 Å². The molecule has 414 valence electrons. The Bertz CT molecular complexity index is 1620. The number of aliphatic hydroxyl groups is 3. The summed E-state index contributed by atoms with van der Waals surface area (Å²) in [5, 5.41) is 30.8. The van der Waals surface area contributed by atoms with Crippen molar-refractivity contribution in [3.8, 4) is 0 Å². The minimum Gasteiger partial charge on any atom is -0.457 e. The van der Waals surface area contributed by atoms with Gasteiger partial charge in [-0.3, -0.25) is 9.35 Å². The van der Waals surface area contributed by atoms with Crippen LogP contribution in [-0.2, 0) is 38.3 Å². The highest BCUT2D eigenvalue weighted by atomic mass is 32.3. The van der Waals surface area contributed by atoms with Gasteiger partial charge in [-0.15, -0.1) is 0 Å². The van der Waals surface area contributed by atoms with Crippen LogP contribution in [0.1, 0.15) is 206 Å². The smallest absolute Gasteiger partial charge is 0.397 e. The summed E-state index contributed by atoms with van der Waals surface area (Å²) in [4.78, 5) is 12.9. The van der Waals surface area contributed by atoms with Crippen LogP contribution in [0.15, 0.2) is 97.2 Å². The molecule has 0 aromatic carbocycles. The maximum Gasteiger partial charge on any atom is 0.397 e. The minimum atomic E-state index is -5.08. The largest absolute Gasteiger partial charge is 0.457 e. The first-order chi connectivity index (χ1) is 35.1. The summed E-state index contributed by atoms with van der Waals surface area (Å²) in [5.41, 5.74) is 0. The van der Waals surface area contributed by atoms with Crippen LogP contribution in [0.25, 0.3) is 0 Å². The fraction of sp³-hybridized carbons (Fsp3) is 0.712. The molecule has 6 atom stereocenters. The lowest BCUT2D eigenvalue weighted by Crippen LogP contribution is -2.60. The van der Waals surface area contributed by atoms with E-state index in [1.54, 1.807) is 0 Å². The molecule has 1 saturated heterocycles. The highest BCUT2D eigenvalue weighted by molar-refractivity contribution is 7.80. The van der Waals surface area contributed by atoms with Crippen molar-refractivity contribution in [3.05, 3.63) is 97.2 Å². The van der Waals surface area contributed by atoms with Gasteiger partial charge in [-0.05, 0) is 96.3 Å². The van der Waals surface area contributed by atoms with Gasteiger partial charge in [0, 0.05) is 13.0 Å². The third-order valence-electron chi connectivity index (χ3n) is 12.2. The molecule has 0 radical (unpaired) electrons. The van der Waals surface area contributed by atoms with Gasteiger partial charge in [-0.1, -0.05) is 201 Å². The minimum absolute atomic E-state index is 0.0217. The monoisotopic (exact) mass is 1030 g/mol. The molecule has 0 saturated carbocycles. The average Bonchev–Trinajstić information content (AvgIpc) is 3.36. The molecule has 12 nitrogen and oxygen atoms in total. The molecule has 0 aliphatic carbocycles. The third kappa shape index (κ3) is 41.4. The number of aliphatic hydroxyl groups excluding tert-OH is 3. The summed E-state index contributed by atoms with van der Waals surface area (Å²) in [5.74, 6) is -0.416. The molecule has 1 heterocycles. The molecule has 72 heavy (non-hydrogen) atoms. The zero-order valence-electron chi connectivity index (χ0n) is 44.7. The molecule has 1 aliphatic rings. The number of hydrogen-bond donors (Lipinski definition) is 4. The molecule has 1 fully saturated rings. The lowest BCUT2D eigenvalue weighted by molar-refractivity contribution is -0.301. The van der Waals surface area contributed by atoms with Crippen molar-refractivity contribution >= 4 is 16.4 Å². The van der Waals surface area contributed by atoms with Crippen molar-refractivity contribution < 1.29 is 56.2 Å². The summed E-state index contributed by atoms with van der Waals surface area (Å²) < 4.78 is 59.4. The van der Waals surface area contributed by atoms with Crippen molar-refractivity contribution in [1.29, 1.82) is 0 Å². The Morgan fingerprint density at radius 2 is 0.958 bits per heavy atom. The highest BCUT2D eigenvalue weighted by Gasteiger charge is 2.48. The first kappa shape index (κ1) is 67.0.